The van der Waals surface area contributed by atoms with Crippen LogP contribution in [-0.4, -0.2) is 4.98 Å². The molecule has 0 bridgehead atoms. The van der Waals surface area contributed by atoms with Crippen LogP contribution in [0.5, 0.6) is 5.75 Å². The Labute approximate surface area is 122 Å². The van der Waals surface area contributed by atoms with E-state index in [1.54, 1.807) is 12.3 Å². The minimum atomic E-state index is -0.300. The lowest BCUT2D eigenvalue weighted by atomic mass is 10.1. The second kappa shape index (κ2) is 5.89. The molecule has 1 aromatic heterocycles. The lowest BCUT2D eigenvalue weighted by molar-refractivity contribution is 0.303. The van der Waals surface area contributed by atoms with Crippen LogP contribution in [-0.2, 0) is 13.2 Å². The molecule has 0 aliphatic carbocycles. The topological polar surface area (TPSA) is 48.1 Å². The summed E-state index contributed by atoms with van der Waals surface area (Å²) in [5, 5.41) is 0.994. The van der Waals surface area contributed by atoms with E-state index in [1.807, 2.05) is 36.4 Å². The van der Waals surface area contributed by atoms with Crippen molar-refractivity contribution in [2.45, 2.75) is 13.2 Å². The van der Waals surface area contributed by atoms with Crippen molar-refractivity contribution in [1.82, 2.24) is 4.98 Å². The van der Waals surface area contributed by atoms with E-state index in [9.17, 15) is 4.39 Å². The Morgan fingerprint density at radius 1 is 1.10 bits per heavy atom. The molecule has 0 unspecified atom stereocenters. The maximum atomic E-state index is 13.9. The van der Waals surface area contributed by atoms with Gasteiger partial charge in [0.1, 0.15) is 23.7 Å². The highest BCUT2D eigenvalue weighted by Gasteiger charge is 2.07. The first-order valence-electron chi connectivity index (χ1n) is 6.72. The predicted octanol–water partition coefficient (Wildman–Crippen LogP) is 3.41. The van der Waals surface area contributed by atoms with Gasteiger partial charge in [-0.25, -0.2) is 4.39 Å². The van der Waals surface area contributed by atoms with Gasteiger partial charge in [0.05, 0.1) is 0 Å². The SMILES string of the molecule is NCc1ccc(COc2cccc3cccnc23)c(F)c1. The molecule has 3 aromatic rings. The van der Waals surface area contributed by atoms with E-state index < -0.39 is 0 Å². The third kappa shape index (κ3) is 2.85. The van der Waals surface area contributed by atoms with Gasteiger partial charge in [-0.15, -0.1) is 0 Å². The fourth-order valence-corrected chi connectivity index (χ4v) is 2.18. The first-order chi connectivity index (χ1) is 10.3. The van der Waals surface area contributed by atoms with Gasteiger partial charge < -0.3 is 10.5 Å². The fourth-order valence-electron chi connectivity index (χ4n) is 2.18. The molecule has 0 radical (unpaired) electrons. The Bertz CT molecular complexity index is 768. The summed E-state index contributed by atoms with van der Waals surface area (Å²) in [5.41, 5.74) is 7.53. The Balaban J connectivity index is 1.84. The van der Waals surface area contributed by atoms with Crippen molar-refractivity contribution in [3.8, 4) is 5.75 Å². The number of rotatable bonds is 4. The molecule has 2 aromatic carbocycles. The number of hydrogen-bond donors (Lipinski definition) is 1. The molecule has 0 spiro atoms. The zero-order valence-electron chi connectivity index (χ0n) is 11.4. The van der Waals surface area contributed by atoms with E-state index >= 15 is 0 Å². The van der Waals surface area contributed by atoms with E-state index in [4.69, 9.17) is 10.5 Å². The third-order valence-corrected chi connectivity index (χ3v) is 3.33. The molecule has 0 saturated heterocycles. The number of hydrogen-bond acceptors (Lipinski definition) is 3. The summed E-state index contributed by atoms with van der Waals surface area (Å²) in [4.78, 5) is 4.31. The number of halogens is 1. The smallest absolute Gasteiger partial charge is 0.146 e. The largest absolute Gasteiger partial charge is 0.487 e. The number of ether oxygens (including phenoxy) is 1. The van der Waals surface area contributed by atoms with Crippen LogP contribution in [0.1, 0.15) is 11.1 Å². The molecule has 3 rings (SSSR count). The van der Waals surface area contributed by atoms with Crippen molar-refractivity contribution in [3.63, 3.8) is 0 Å². The Morgan fingerprint density at radius 2 is 1.95 bits per heavy atom. The number of fused-ring (bicyclic) bond motifs is 1. The molecule has 2 N–H and O–H groups in total. The third-order valence-electron chi connectivity index (χ3n) is 3.33. The molecule has 21 heavy (non-hydrogen) atoms. The van der Waals surface area contributed by atoms with Crippen LogP contribution in [0.25, 0.3) is 10.9 Å². The van der Waals surface area contributed by atoms with Gasteiger partial charge in [-0.3, -0.25) is 4.98 Å². The monoisotopic (exact) mass is 282 g/mol. The highest BCUT2D eigenvalue weighted by atomic mass is 19.1. The van der Waals surface area contributed by atoms with Crippen molar-refractivity contribution in [1.29, 1.82) is 0 Å². The van der Waals surface area contributed by atoms with Gasteiger partial charge in [0.15, 0.2) is 0 Å². The minimum Gasteiger partial charge on any atom is -0.487 e. The fraction of sp³-hybridized carbons (Fsp3) is 0.118. The molecular formula is C17H15FN2O. The molecule has 1 heterocycles. The van der Waals surface area contributed by atoms with Crippen LogP contribution in [0.4, 0.5) is 4.39 Å². The average Bonchev–Trinajstić information content (AvgIpc) is 2.53. The van der Waals surface area contributed by atoms with Crippen LogP contribution in [0.15, 0.2) is 54.7 Å². The molecule has 0 aliphatic heterocycles. The van der Waals surface area contributed by atoms with Gasteiger partial charge in [0, 0.05) is 23.7 Å². The predicted molar refractivity (Wildman–Crippen MR) is 80.4 cm³/mol. The van der Waals surface area contributed by atoms with Crippen LogP contribution >= 0.6 is 0 Å². The van der Waals surface area contributed by atoms with Crippen LogP contribution < -0.4 is 10.5 Å². The van der Waals surface area contributed by atoms with Gasteiger partial charge in [-0.05, 0) is 23.8 Å². The maximum Gasteiger partial charge on any atom is 0.146 e. The highest BCUT2D eigenvalue weighted by Crippen LogP contribution is 2.24. The quantitative estimate of drug-likeness (QED) is 0.797. The van der Waals surface area contributed by atoms with Gasteiger partial charge in [0.2, 0.25) is 0 Å². The lowest BCUT2D eigenvalue weighted by Gasteiger charge is -2.10. The first-order valence-corrected chi connectivity index (χ1v) is 6.72. The molecule has 0 saturated carbocycles. The number of nitrogens with two attached hydrogens (primary N) is 1. The summed E-state index contributed by atoms with van der Waals surface area (Å²) in [6, 6.07) is 14.5. The molecule has 0 fully saturated rings. The van der Waals surface area contributed by atoms with E-state index in [1.165, 1.54) is 6.07 Å². The number of benzene rings is 2. The number of para-hydroxylation sites is 1. The Morgan fingerprint density at radius 3 is 2.76 bits per heavy atom. The normalized spacial score (nSPS) is 10.8. The number of nitrogens with zero attached hydrogens (tertiary/aromatic N) is 1. The molecule has 0 aliphatic rings. The maximum absolute atomic E-state index is 13.9. The van der Waals surface area contributed by atoms with E-state index in [2.05, 4.69) is 4.98 Å². The standard InChI is InChI=1S/C17H15FN2O/c18-15-9-12(10-19)6-7-14(15)11-21-16-5-1-3-13-4-2-8-20-17(13)16/h1-9H,10-11,19H2. The van der Waals surface area contributed by atoms with E-state index in [0.29, 0.717) is 17.9 Å². The van der Waals surface area contributed by atoms with Crippen molar-refractivity contribution in [2.24, 2.45) is 5.73 Å². The summed E-state index contributed by atoms with van der Waals surface area (Å²) in [6.07, 6.45) is 1.71. The summed E-state index contributed by atoms with van der Waals surface area (Å²) >= 11 is 0. The van der Waals surface area contributed by atoms with Crippen LogP contribution in [0, 0.1) is 5.82 Å². The van der Waals surface area contributed by atoms with Crippen LogP contribution in [0.2, 0.25) is 0 Å². The van der Waals surface area contributed by atoms with E-state index in [0.717, 1.165) is 16.5 Å². The molecule has 0 atom stereocenters. The summed E-state index contributed by atoms with van der Waals surface area (Å²) in [6.45, 7) is 0.484. The first kappa shape index (κ1) is 13.5. The summed E-state index contributed by atoms with van der Waals surface area (Å²) in [7, 11) is 0. The van der Waals surface area contributed by atoms with Gasteiger partial charge in [-0.1, -0.05) is 30.3 Å². The molecule has 0 amide bonds. The van der Waals surface area contributed by atoms with Crippen molar-refractivity contribution < 1.29 is 9.13 Å². The zero-order chi connectivity index (χ0) is 14.7. The molecule has 3 nitrogen and oxygen atoms in total. The Kier molecular flexibility index (Phi) is 3.79. The number of pyridine rings is 1. The van der Waals surface area contributed by atoms with Gasteiger partial charge in [0.25, 0.3) is 0 Å². The number of aromatic nitrogens is 1. The van der Waals surface area contributed by atoms with Crippen LogP contribution in [0.3, 0.4) is 0 Å². The second-order valence-electron chi connectivity index (χ2n) is 4.75. The van der Waals surface area contributed by atoms with Gasteiger partial charge >= 0.3 is 0 Å². The van der Waals surface area contributed by atoms with Crippen molar-refractivity contribution in [3.05, 3.63) is 71.7 Å². The molecule has 4 heteroatoms. The summed E-state index contributed by atoms with van der Waals surface area (Å²) in [5.74, 6) is 0.349. The molecule has 106 valence electrons. The average molecular weight is 282 g/mol. The van der Waals surface area contributed by atoms with Gasteiger partial charge in [-0.2, -0.15) is 0 Å². The minimum absolute atomic E-state index is 0.159. The lowest BCUT2D eigenvalue weighted by Crippen LogP contribution is -2.02. The molecular weight excluding hydrogens is 267 g/mol. The van der Waals surface area contributed by atoms with E-state index in [-0.39, 0.29) is 12.4 Å². The summed E-state index contributed by atoms with van der Waals surface area (Å²) < 4.78 is 19.6. The second-order valence-corrected chi connectivity index (χ2v) is 4.75. The van der Waals surface area contributed by atoms with Crippen molar-refractivity contribution >= 4 is 10.9 Å². The highest BCUT2D eigenvalue weighted by molar-refractivity contribution is 5.84. The van der Waals surface area contributed by atoms with Crippen molar-refractivity contribution in [2.75, 3.05) is 0 Å². The Hall–Kier alpha value is -2.46. The zero-order valence-corrected chi connectivity index (χ0v) is 11.4.